The molecule has 6 nitrogen and oxygen atoms in total. The molecule has 2 aromatic heterocycles. The lowest BCUT2D eigenvalue weighted by molar-refractivity contribution is -0.117. The summed E-state index contributed by atoms with van der Waals surface area (Å²) >= 11 is 0. The molecule has 0 saturated heterocycles. The number of carbonyl (C=O) groups excluding carboxylic acids is 1. The van der Waals surface area contributed by atoms with Gasteiger partial charge < -0.3 is 10.1 Å². The Morgan fingerprint density at radius 1 is 1.17 bits per heavy atom. The van der Waals surface area contributed by atoms with E-state index < -0.39 is 17.2 Å². The number of pyridine rings is 1. The van der Waals surface area contributed by atoms with Crippen LogP contribution in [0.5, 0.6) is 5.75 Å². The number of nitrogens with one attached hydrogen (secondary N) is 1. The summed E-state index contributed by atoms with van der Waals surface area (Å²) in [5, 5.41) is 2.70. The van der Waals surface area contributed by atoms with Crippen molar-refractivity contribution in [1.29, 1.82) is 0 Å². The molecule has 0 spiro atoms. The van der Waals surface area contributed by atoms with Gasteiger partial charge in [0.15, 0.2) is 5.75 Å². The molecule has 2 atom stereocenters. The van der Waals surface area contributed by atoms with E-state index in [0.29, 0.717) is 29.3 Å². The van der Waals surface area contributed by atoms with E-state index in [0.717, 1.165) is 6.20 Å². The molecule has 0 aliphatic heterocycles. The second-order valence-electron chi connectivity index (χ2n) is 7.43. The van der Waals surface area contributed by atoms with Crippen LogP contribution in [0, 0.1) is 31.4 Å². The van der Waals surface area contributed by atoms with Gasteiger partial charge in [-0.05, 0) is 50.1 Å². The van der Waals surface area contributed by atoms with Gasteiger partial charge in [0.1, 0.15) is 23.3 Å². The number of benzene rings is 1. The van der Waals surface area contributed by atoms with E-state index in [1.165, 1.54) is 24.3 Å². The number of carbonyl (C=O) groups is 1. The van der Waals surface area contributed by atoms with Crippen molar-refractivity contribution in [1.82, 2.24) is 15.0 Å². The van der Waals surface area contributed by atoms with Gasteiger partial charge in [0.2, 0.25) is 5.91 Å². The Hall–Kier alpha value is -3.42. The number of halogens is 2. The van der Waals surface area contributed by atoms with Crippen molar-refractivity contribution in [2.75, 3.05) is 11.9 Å². The number of rotatable bonds is 6. The van der Waals surface area contributed by atoms with Gasteiger partial charge in [-0.25, -0.2) is 23.7 Å². The number of aromatic nitrogens is 3. The molecule has 3 aromatic rings. The first-order valence-electron chi connectivity index (χ1n) is 9.49. The van der Waals surface area contributed by atoms with E-state index >= 15 is 0 Å². The first-order chi connectivity index (χ1) is 14.4. The third-order valence-electron chi connectivity index (χ3n) is 5.31. The number of aryl methyl sites for hydroxylation is 2. The van der Waals surface area contributed by atoms with Crippen LogP contribution in [0.15, 0.2) is 48.8 Å². The lowest BCUT2D eigenvalue weighted by Gasteiger charge is -2.19. The average molecular weight is 410 g/mol. The fourth-order valence-corrected chi connectivity index (χ4v) is 3.59. The van der Waals surface area contributed by atoms with Crippen molar-refractivity contribution in [3.05, 3.63) is 77.5 Å². The predicted molar refractivity (Wildman–Crippen MR) is 106 cm³/mol. The number of amides is 1. The highest BCUT2D eigenvalue weighted by Gasteiger charge is 2.60. The Kier molecular flexibility index (Phi) is 5.15. The molecule has 1 unspecified atom stereocenters. The standard InChI is InChI=1S/C22H20F2N4O2/c1-13-19(11-25-14(2)27-13)30-12-22(15-4-3-5-16(23)8-15)9-18(22)21(29)28-20-7-6-17(24)10-26-20/h3-8,10-11,18H,9,12H2,1-2H3,(H,26,28,29)/t18?,22-/m1/s1. The molecule has 1 aromatic carbocycles. The maximum Gasteiger partial charge on any atom is 0.229 e. The summed E-state index contributed by atoms with van der Waals surface area (Å²) in [4.78, 5) is 25.1. The quantitative estimate of drug-likeness (QED) is 0.670. The van der Waals surface area contributed by atoms with Gasteiger partial charge in [-0.15, -0.1) is 0 Å². The van der Waals surface area contributed by atoms with Crippen molar-refractivity contribution >= 4 is 11.7 Å². The van der Waals surface area contributed by atoms with Crippen molar-refractivity contribution in [3.8, 4) is 5.75 Å². The van der Waals surface area contributed by atoms with Crippen LogP contribution in [-0.2, 0) is 10.2 Å². The zero-order valence-electron chi connectivity index (χ0n) is 16.5. The highest BCUT2D eigenvalue weighted by molar-refractivity contribution is 5.95. The van der Waals surface area contributed by atoms with E-state index in [1.807, 2.05) is 6.92 Å². The van der Waals surface area contributed by atoms with Gasteiger partial charge in [-0.1, -0.05) is 12.1 Å². The van der Waals surface area contributed by atoms with Crippen molar-refractivity contribution < 1.29 is 18.3 Å². The molecule has 1 aliphatic rings. The second kappa shape index (κ2) is 7.78. The van der Waals surface area contributed by atoms with Crippen LogP contribution in [0.1, 0.15) is 23.5 Å². The van der Waals surface area contributed by atoms with Gasteiger partial charge in [0.05, 0.1) is 30.6 Å². The molecule has 2 heterocycles. The first-order valence-corrected chi connectivity index (χ1v) is 9.49. The van der Waals surface area contributed by atoms with Crippen molar-refractivity contribution in [3.63, 3.8) is 0 Å². The zero-order chi connectivity index (χ0) is 21.3. The van der Waals surface area contributed by atoms with Gasteiger partial charge in [0.25, 0.3) is 0 Å². The maximum atomic E-state index is 13.9. The van der Waals surface area contributed by atoms with Crippen LogP contribution in [0.4, 0.5) is 14.6 Å². The van der Waals surface area contributed by atoms with E-state index in [4.69, 9.17) is 4.74 Å². The number of ether oxygens (including phenoxy) is 1. The summed E-state index contributed by atoms with van der Waals surface area (Å²) in [5.74, 6) is -0.190. The Balaban J connectivity index is 1.56. The molecule has 0 bridgehead atoms. The fraction of sp³-hybridized carbons (Fsp3) is 0.273. The zero-order valence-corrected chi connectivity index (χ0v) is 16.5. The number of anilines is 1. The van der Waals surface area contributed by atoms with Gasteiger partial charge in [-0.3, -0.25) is 4.79 Å². The van der Waals surface area contributed by atoms with E-state index in [2.05, 4.69) is 20.3 Å². The summed E-state index contributed by atoms with van der Waals surface area (Å²) in [7, 11) is 0. The third-order valence-corrected chi connectivity index (χ3v) is 5.31. The van der Waals surface area contributed by atoms with Crippen LogP contribution >= 0.6 is 0 Å². The monoisotopic (exact) mass is 410 g/mol. The van der Waals surface area contributed by atoms with Gasteiger partial charge in [-0.2, -0.15) is 0 Å². The molecule has 8 heteroatoms. The Bertz CT molecular complexity index is 1090. The van der Waals surface area contributed by atoms with Crippen LogP contribution in [0.2, 0.25) is 0 Å². The van der Waals surface area contributed by atoms with E-state index in [9.17, 15) is 13.6 Å². The minimum absolute atomic E-state index is 0.165. The molecule has 0 radical (unpaired) electrons. The van der Waals surface area contributed by atoms with Crippen LogP contribution in [0.25, 0.3) is 0 Å². The summed E-state index contributed by atoms with van der Waals surface area (Å²) in [6, 6.07) is 8.79. The fourth-order valence-electron chi connectivity index (χ4n) is 3.59. The van der Waals surface area contributed by atoms with Gasteiger partial charge in [0, 0.05) is 5.41 Å². The molecule has 1 saturated carbocycles. The first kappa shape index (κ1) is 19.9. The lowest BCUT2D eigenvalue weighted by Crippen LogP contribution is -2.27. The second-order valence-corrected chi connectivity index (χ2v) is 7.43. The van der Waals surface area contributed by atoms with Crippen LogP contribution < -0.4 is 10.1 Å². The van der Waals surface area contributed by atoms with Crippen molar-refractivity contribution in [2.24, 2.45) is 5.92 Å². The highest BCUT2D eigenvalue weighted by Crippen LogP contribution is 2.55. The van der Waals surface area contributed by atoms with Gasteiger partial charge >= 0.3 is 0 Å². The molecule has 30 heavy (non-hydrogen) atoms. The molecule has 1 aliphatic carbocycles. The molecule has 154 valence electrons. The average Bonchev–Trinajstić information content (AvgIpc) is 3.45. The van der Waals surface area contributed by atoms with Crippen LogP contribution in [-0.4, -0.2) is 27.5 Å². The number of hydrogen-bond acceptors (Lipinski definition) is 5. The summed E-state index contributed by atoms with van der Waals surface area (Å²) in [6.45, 7) is 3.77. The van der Waals surface area contributed by atoms with E-state index in [-0.39, 0.29) is 24.1 Å². The Morgan fingerprint density at radius 3 is 2.70 bits per heavy atom. The smallest absolute Gasteiger partial charge is 0.229 e. The third kappa shape index (κ3) is 3.98. The Labute approximate surface area is 172 Å². The molecular weight excluding hydrogens is 390 g/mol. The number of hydrogen-bond donors (Lipinski definition) is 1. The highest BCUT2D eigenvalue weighted by atomic mass is 19.1. The SMILES string of the molecule is Cc1ncc(OC[C@@]2(c3cccc(F)c3)CC2C(=O)Nc2ccc(F)cn2)c(C)n1. The largest absolute Gasteiger partial charge is 0.489 e. The number of nitrogens with zero attached hydrogens (tertiary/aromatic N) is 3. The van der Waals surface area contributed by atoms with E-state index in [1.54, 1.807) is 25.3 Å². The molecule has 1 amide bonds. The Morgan fingerprint density at radius 2 is 2.00 bits per heavy atom. The summed E-state index contributed by atoms with van der Waals surface area (Å²) in [6.07, 6.45) is 3.11. The topological polar surface area (TPSA) is 77.0 Å². The summed E-state index contributed by atoms with van der Waals surface area (Å²) in [5.41, 5.74) is 0.679. The minimum Gasteiger partial charge on any atom is -0.489 e. The lowest BCUT2D eigenvalue weighted by atomic mass is 9.93. The molecular formula is C22H20F2N4O2. The molecule has 4 rings (SSSR count). The van der Waals surface area contributed by atoms with Crippen LogP contribution in [0.3, 0.4) is 0 Å². The normalized spacial score (nSPS) is 19.9. The molecule has 1 N–H and O–H groups in total. The minimum atomic E-state index is -0.691. The summed E-state index contributed by atoms with van der Waals surface area (Å²) < 4.78 is 32.9. The van der Waals surface area contributed by atoms with Crippen molar-refractivity contribution in [2.45, 2.75) is 25.7 Å². The predicted octanol–water partition coefficient (Wildman–Crippen LogP) is 3.74. The molecule has 1 fully saturated rings. The maximum absolute atomic E-state index is 13.9.